The molecule has 8 atom stereocenters. The summed E-state index contributed by atoms with van der Waals surface area (Å²) < 4.78 is 29.8. The van der Waals surface area contributed by atoms with Gasteiger partial charge in [0.2, 0.25) is 5.91 Å². The highest BCUT2D eigenvalue weighted by Crippen LogP contribution is 2.49. The van der Waals surface area contributed by atoms with Gasteiger partial charge in [0, 0.05) is 49.3 Å². The first-order valence-electron chi connectivity index (χ1n) is 17.7. The van der Waals surface area contributed by atoms with E-state index in [1.54, 1.807) is 63.4 Å². The van der Waals surface area contributed by atoms with E-state index in [-0.39, 0.29) is 17.9 Å². The predicted molar refractivity (Wildman–Crippen MR) is 209 cm³/mol. The number of rotatable bonds is 6. The van der Waals surface area contributed by atoms with E-state index in [2.05, 4.69) is 21.2 Å². The summed E-state index contributed by atoms with van der Waals surface area (Å²) in [5, 5.41) is 14.5. The number of epoxide rings is 1. The Labute approximate surface area is 334 Å². The van der Waals surface area contributed by atoms with Crippen LogP contribution < -0.4 is 20.7 Å². The van der Waals surface area contributed by atoms with E-state index in [1.807, 2.05) is 13.0 Å². The number of fused-ring (bicyclic) bond motifs is 5. The number of hydrogen-bond donors (Lipinski definition) is 3. The van der Waals surface area contributed by atoms with Crippen molar-refractivity contribution in [2.75, 3.05) is 38.9 Å². The molecule has 2 aromatic carbocycles. The molecule has 55 heavy (non-hydrogen) atoms. The molecule has 0 aliphatic carbocycles. The van der Waals surface area contributed by atoms with Crippen LogP contribution in [0.5, 0.6) is 5.75 Å². The highest BCUT2D eigenvalue weighted by molar-refractivity contribution is 9.10. The van der Waals surface area contributed by atoms with Crippen LogP contribution in [0, 0.1) is 5.92 Å². The average Bonchev–Trinajstić information content (AvgIpc) is 3.84. The Hall–Kier alpha value is -4.15. The van der Waals surface area contributed by atoms with Crippen LogP contribution >= 0.6 is 27.5 Å². The fourth-order valence-electron chi connectivity index (χ4n) is 7.04. The molecule has 4 bridgehead atoms. The van der Waals surface area contributed by atoms with Gasteiger partial charge in [-0.2, -0.15) is 0 Å². The lowest BCUT2D eigenvalue weighted by Crippen LogP contribution is -2.63. The number of nitrogens with zero attached hydrogens (tertiary/aromatic N) is 2. The molecule has 3 aliphatic heterocycles. The number of amides is 3. The molecule has 2 fully saturated rings. The summed E-state index contributed by atoms with van der Waals surface area (Å²) >= 11 is 10.1. The Morgan fingerprint density at radius 1 is 1.22 bits per heavy atom. The van der Waals surface area contributed by atoms with Gasteiger partial charge in [0.25, 0.3) is 5.91 Å². The topological polar surface area (TPSA) is 182 Å². The lowest BCUT2D eigenvalue weighted by atomic mass is 9.83. The third-order valence-electron chi connectivity index (χ3n) is 10.7. The Morgan fingerprint density at radius 3 is 2.58 bits per heavy atom. The molecule has 16 heteroatoms. The van der Waals surface area contributed by atoms with E-state index in [0.717, 1.165) is 11.1 Å². The first-order valence-corrected chi connectivity index (χ1v) is 18.9. The number of alkyl carbamates (subject to hydrolysis) is 1. The molecule has 0 saturated carbocycles. The zero-order chi connectivity index (χ0) is 40.6. The summed E-state index contributed by atoms with van der Waals surface area (Å²) in [7, 11) is 5.94. The fourth-order valence-corrected chi connectivity index (χ4v) is 7.73. The third-order valence-corrected chi connectivity index (χ3v) is 11.8. The molecule has 5 rings (SSSR count). The van der Waals surface area contributed by atoms with Gasteiger partial charge in [-0.3, -0.25) is 14.9 Å². The molecule has 0 unspecified atom stereocenters. The second-order valence-electron chi connectivity index (χ2n) is 14.6. The summed E-state index contributed by atoms with van der Waals surface area (Å²) in [5.41, 5.74) is 5.63. The largest absolute Gasteiger partial charge is 0.495 e. The van der Waals surface area contributed by atoms with E-state index in [9.17, 15) is 24.3 Å². The van der Waals surface area contributed by atoms with Crippen molar-refractivity contribution in [1.29, 1.82) is 0 Å². The van der Waals surface area contributed by atoms with Gasteiger partial charge in [-0.05, 0) is 79.0 Å². The normalized spacial score (nSPS) is 30.4. The van der Waals surface area contributed by atoms with E-state index < -0.39 is 71.6 Å². The first-order chi connectivity index (χ1) is 25.8. The van der Waals surface area contributed by atoms with E-state index in [0.29, 0.717) is 33.6 Å². The van der Waals surface area contributed by atoms with Crippen LogP contribution in [0.1, 0.15) is 56.5 Å². The molecular formula is C39H48BrClN4O10. The van der Waals surface area contributed by atoms with Crippen molar-refractivity contribution in [2.24, 2.45) is 5.92 Å². The molecule has 4 N–H and O–H groups in total. The number of anilines is 2. The summed E-state index contributed by atoms with van der Waals surface area (Å²) in [5.74, 6) is -1.89. The van der Waals surface area contributed by atoms with Crippen LogP contribution in [0.4, 0.5) is 16.2 Å². The lowest BCUT2D eigenvalue weighted by molar-refractivity contribution is -0.158. The van der Waals surface area contributed by atoms with Gasteiger partial charge in [-0.25, -0.2) is 9.59 Å². The minimum atomic E-state index is -1.84. The van der Waals surface area contributed by atoms with Crippen molar-refractivity contribution in [1.82, 2.24) is 10.2 Å². The van der Waals surface area contributed by atoms with Crippen molar-refractivity contribution in [3.05, 3.63) is 74.8 Å². The van der Waals surface area contributed by atoms with Crippen LogP contribution in [0.2, 0.25) is 5.02 Å². The molecule has 0 spiro atoms. The predicted octanol–water partition coefficient (Wildman–Crippen LogP) is 5.17. The molecule has 3 amide bonds. The number of carbonyl (C=O) groups excluding carboxylic acids is 4. The van der Waals surface area contributed by atoms with Crippen molar-refractivity contribution in [2.45, 2.75) is 88.7 Å². The van der Waals surface area contributed by atoms with Crippen molar-refractivity contribution >= 4 is 62.8 Å². The monoisotopic (exact) mass is 846 g/mol. The van der Waals surface area contributed by atoms with Crippen LogP contribution in [0.15, 0.2) is 58.6 Å². The number of benzene rings is 2. The second kappa shape index (κ2) is 16.5. The maximum Gasteiger partial charge on any atom is 0.409 e. The average molecular weight is 848 g/mol. The third kappa shape index (κ3) is 8.81. The number of esters is 1. The smallest absolute Gasteiger partial charge is 0.409 e. The van der Waals surface area contributed by atoms with Gasteiger partial charge >= 0.3 is 12.1 Å². The van der Waals surface area contributed by atoms with Crippen LogP contribution in [-0.2, 0) is 35.0 Å². The number of nitrogens with two attached hydrogens (primary N) is 1. The first kappa shape index (κ1) is 42.0. The van der Waals surface area contributed by atoms with Crippen LogP contribution in [-0.4, -0.2) is 104 Å². The number of carbonyl (C=O) groups is 4. The summed E-state index contributed by atoms with van der Waals surface area (Å²) in [4.78, 5) is 57.0. The molecule has 3 heterocycles. The van der Waals surface area contributed by atoms with Gasteiger partial charge in [-0.15, -0.1) is 0 Å². The van der Waals surface area contributed by atoms with Gasteiger partial charge in [0.1, 0.15) is 40.7 Å². The second-order valence-corrected chi connectivity index (χ2v) is 15.8. The Balaban J connectivity index is 1.52. The maximum absolute atomic E-state index is 14.2. The number of ether oxygens (including phenoxy) is 5. The van der Waals surface area contributed by atoms with E-state index >= 15 is 0 Å². The minimum Gasteiger partial charge on any atom is -0.495 e. The van der Waals surface area contributed by atoms with Crippen molar-refractivity contribution in [3.63, 3.8) is 0 Å². The molecule has 3 aliphatic rings. The maximum atomic E-state index is 14.2. The number of nitrogens with one attached hydrogen (secondary N) is 1. The fraction of sp³-hybridized carbons (Fsp3) is 0.487. The highest BCUT2D eigenvalue weighted by Gasteiger charge is 2.64. The number of nitrogen functional groups attached to an aromatic ring is 1. The van der Waals surface area contributed by atoms with E-state index in [1.165, 1.54) is 38.0 Å². The zero-order valence-electron chi connectivity index (χ0n) is 32.1. The number of halogens is 2. The Morgan fingerprint density at radius 2 is 1.93 bits per heavy atom. The van der Waals surface area contributed by atoms with Crippen molar-refractivity contribution in [3.8, 4) is 5.75 Å². The number of allylic oxidation sites excluding steroid dienone is 3. The molecular weight excluding hydrogens is 800 g/mol. The van der Waals surface area contributed by atoms with Crippen LogP contribution in [0.3, 0.4) is 0 Å². The molecule has 298 valence electrons. The standard InChI is InChI=1S/C39H48BrClN4O10/c1-20-10-9-11-30(52-8)39(50)19-29(53-37(49)43-39)21(2)34-38(4,55-34)31(18-32(46)45(6)27-15-23(14-20)16-28(51-7)33(27)41)54-36(48)22(3)44(5)35(47)24-12-13-26(42)25(40)17-24/h9-13,15-17,21-22,29-31,34,50H,14,18-19,42H2,1-8H3,(H,43,49)/b11-9+,20-10+/t21-,22+,29+,30-,31+,34+,38+,39+/m1/s1. The summed E-state index contributed by atoms with van der Waals surface area (Å²) in [6, 6.07) is 7.17. The molecule has 2 aromatic rings. The molecule has 0 radical (unpaired) electrons. The molecule has 0 aromatic heterocycles. The van der Waals surface area contributed by atoms with Gasteiger partial charge in [0.15, 0.2) is 5.72 Å². The quantitative estimate of drug-likeness (QED) is 0.198. The number of aliphatic hydroxyl groups is 1. The summed E-state index contributed by atoms with van der Waals surface area (Å²) in [6.07, 6.45) is 0.739. The van der Waals surface area contributed by atoms with Gasteiger partial charge < -0.3 is 44.3 Å². The van der Waals surface area contributed by atoms with Crippen LogP contribution in [0.25, 0.3) is 0 Å². The number of methoxy groups -OCH3 is 2. The van der Waals surface area contributed by atoms with E-state index in [4.69, 9.17) is 41.0 Å². The number of likely N-dealkylation sites (N-methyl/N-ethyl adjacent to an activating group) is 1. The molecule has 14 nitrogen and oxygen atoms in total. The lowest BCUT2D eigenvalue weighted by Gasteiger charge is -2.42. The zero-order valence-corrected chi connectivity index (χ0v) is 34.4. The van der Waals surface area contributed by atoms with Gasteiger partial charge in [-0.1, -0.05) is 42.3 Å². The van der Waals surface area contributed by atoms with Gasteiger partial charge in [0.05, 0.1) is 25.3 Å². The highest BCUT2D eigenvalue weighted by atomic mass is 79.9. The SMILES string of the molecule is COc1cc2cc(c1Cl)N(C)C(=O)C[C@H](OC(=O)[C@H](C)N(C)C(=O)c1ccc(N)c(Br)c1)[C@]1(C)O[C@H]1[C@H](C)[C@@H]1C[C@@](O)(NC(=O)O1)[C@H](OC)/C=C/C=C(\C)C2. The number of hydrogen-bond acceptors (Lipinski definition) is 11. The Bertz CT molecular complexity index is 1910. The molecule has 2 saturated heterocycles. The Kier molecular flexibility index (Phi) is 12.6. The summed E-state index contributed by atoms with van der Waals surface area (Å²) in [6.45, 7) is 6.92. The van der Waals surface area contributed by atoms with Crippen molar-refractivity contribution < 1.29 is 48.0 Å². The minimum absolute atomic E-state index is 0.0666.